The molecule has 0 spiro atoms. The quantitative estimate of drug-likeness (QED) is 0.137. The van der Waals surface area contributed by atoms with Gasteiger partial charge >= 0.3 is 5.97 Å². The SMILES string of the molecule is COc1ccc(COC(=O)[C@H]2CCCC[C@H]2C(=O)N2CCc3c(Br)ccc(OC(C)/C(N)=C/N(C)N)c3C2CN2Cc3ccccc3C2=O)c(OC)c1. The highest BCUT2D eigenvalue weighted by Crippen LogP contribution is 2.44. The standard InChI is InChI=1S/C40H48BrN5O7/c1-24(33(42)21-44(2)43)53-35-16-15-32(41)31-17-18-46(34(37(31)35)22-45-20-25-9-5-6-10-28(25)38(45)47)39(48)29-11-7-8-12-30(29)40(49)52-23-26-13-14-27(50-3)19-36(26)51-4/h5-6,9-10,13-16,19,21,24,29-30,34H,7-8,11-12,17-18,20,22-23,42-43H2,1-4H3/b33-21-/t24?,29-,30+,34?/m1/s1. The molecule has 3 aromatic carbocycles. The molecule has 4 N–H and O–H groups in total. The molecule has 2 aliphatic heterocycles. The van der Waals surface area contributed by atoms with E-state index in [9.17, 15) is 14.4 Å². The zero-order valence-corrected chi connectivity index (χ0v) is 32.3. The van der Waals surface area contributed by atoms with Crippen molar-refractivity contribution in [3.8, 4) is 17.2 Å². The number of esters is 1. The van der Waals surface area contributed by atoms with Crippen LogP contribution in [0.1, 0.15) is 71.3 Å². The van der Waals surface area contributed by atoms with E-state index in [1.807, 2.05) is 48.2 Å². The van der Waals surface area contributed by atoms with Crippen LogP contribution >= 0.6 is 15.9 Å². The molecule has 1 aliphatic carbocycles. The molecule has 0 aromatic heterocycles. The summed E-state index contributed by atoms with van der Waals surface area (Å²) in [6, 6.07) is 16.2. The monoisotopic (exact) mass is 789 g/mol. The van der Waals surface area contributed by atoms with Crippen molar-refractivity contribution >= 4 is 33.7 Å². The maximum absolute atomic E-state index is 14.9. The van der Waals surface area contributed by atoms with Gasteiger partial charge in [0, 0.05) is 60.1 Å². The summed E-state index contributed by atoms with van der Waals surface area (Å²) in [5, 5.41) is 1.37. The number of hydrazine groups is 1. The molecule has 3 aliphatic rings. The molecule has 6 rings (SSSR count). The van der Waals surface area contributed by atoms with Crippen LogP contribution in [0.3, 0.4) is 0 Å². The minimum absolute atomic E-state index is 0.00515. The van der Waals surface area contributed by atoms with E-state index in [2.05, 4.69) is 15.9 Å². The molecule has 53 heavy (non-hydrogen) atoms. The number of halogens is 1. The molecule has 2 heterocycles. The zero-order valence-electron chi connectivity index (χ0n) is 30.7. The molecule has 1 saturated carbocycles. The first kappa shape index (κ1) is 38.0. The second kappa shape index (κ2) is 16.5. The lowest BCUT2D eigenvalue weighted by Crippen LogP contribution is -2.50. The predicted octanol–water partition coefficient (Wildman–Crippen LogP) is 5.47. The average molecular weight is 791 g/mol. The Labute approximate surface area is 319 Å². The van der Waals surface area contributed by atoms with Gasteiger partial charge < -0.3 is 39.5 Å². The summed E-state index contributed by atoms with van der Waals surface area (Å²) in [6.07, 6.45) is 4.34. The lowest BCUT2D eigenvalue weighted by molar-refractivity contribution is -0.159. The van der Waals surface area contributed by atoms with Crippen molar-refractivity contribution in [1.29, 1.82) is 0 Å². The molecule has 4 atom stereocenters. The molecule has 1 fully saturated rings. The normalized spacial score (nSPS) is 20.3. The van der Waals surface area contributed by atoms with Crippen LogP contribution in [0, 0.1) is 11.8 Å². The number of amides is 2. The van der Waals surface area contributed by atoms with Gasteiger partial charge in [-0.2, -0.15) is 0 Å². The van der Waals surface area contributed by atoms with Gasteiger partial charge in [0.25, 0.3) is 5.91 Å². The van der Waals surface area contributed by atoms with E-state index in [0.717, 1.165) is 34.0 Å². The molecule has 12 nitrogen and oxygen atoms in total. The fourth-order valence-corrected chi connectivity index (χ4v) is 8.30. The number of nitrogens with zero attached hydrogens (tertiary/aromatic N) is 3. The van der Waals surface area contributed by atoms with Crippen molar-refractivity contribution in [3.05, 3.63) is 98.8 Å². The maximum atomic E-state index is 14.9. The van der Waals surface area contributed by atoms with Gasteiger partial charge in [-0.25, -0.2) is 5.84 Å². The lowest BCUT2D eigenvalue weighted by atomic mass is 9.77. The number of hydrogen-bond donors (Lipinski definition) is 2. The van der Waals surface area contributed by atoms with E-state index >= 15 is 0 Å². The highest BCUT2D eigenvalue weighted by atomic mass is 79.9. The Bertz CT molecular complexity index is 1880. The number of fused-ring (bicyclic) bond motifs is 2. The summed E-state index contributed by atoms with van der Waals surface area (Å²) in [4.78, 5) is 46.2. The summed E-state index contributed by atoms with van der Waals surface area (Å²) < 4.78 is 24.1. The first-order valence-electron chi connectivity index (χ1n) is 18.0. The fourth-order valence-electron chi connectivity index (χ4n) is 7.75. The number of nitrogens with two attached hydrogens (primary N) is 2. The van der Waals surface area contributed by atoms with Crippen molar-refractivity contribution in [2.45, 2.75) is 64.3 Å². The van der Waals surface area contributed by atoms with Crippen molar-refractivity contribution in [1.82, 2.24) is 14.8 Å². The first-order chi connectivity index (χ1) is 25.5. The fraction of sp³-hybridized carbons (Fsp3) is 0.425. The van der Waals surface area contributed by atoms with E-state index in [1.54, 1.807) is 50.6 Å². The van der Waals surface area contributed by atoms with Crippen molar-refractivity contribution in [3.63, 3.8) is 0 Å². The Kier molecular flexibility index (Phi) is 11.8. The van der Waals surface area contributed by atoms with Gasteiger partial charge in [-0.3, -0.25) is 14.4 Å². The highest BCUT2D eigenvalue weighted by molar-refractivity contribution is 9.10. The third-order valence-corrected chi connectivity index (χ3v) is 11.3. The second-order valence-corrected chi connectivity index (χ2v) is 14.8. The molecule has 0 saturated heterocycles. The Balaban J connectivity index is 1.31. The Hall–Kier alpha value is -4.75. The molecular formula is C40H48BrN5O7. The number of methoxy groups -OCH3 is 2. The Morgan fingerprint density at radius 3 is 2.51 bits per heavy atom. The third-order valence-electron chi connectivity index (χ3n) is 10.5. The van der Waals surface area contributed by atoms with Gasteiger partial charge in [-0.15, -0.1) is 0 Å². The van der Waals surface area contributed by atoms with E-state index < -0.39 is 30.0 Å². The largest absolute Gasteiger partial charge is 0.497 e. The minimum Gasteiger partial charge on any atom is -0.497 e. The number of ether oxygens (including phenoxy) is 4. The molecule has 0 radical (unpaired) electrons. The molecule has 282 valence electrons. The highest BCUT2D eigenvalue weighted by Gasteiger charge is 2.44. The molecule has 13 heteroatoms. The topological polar surface area (TPSA) is 150 Å². The van der Waals surface area contributed by atoms with E-state index in [0.29, 0.717) is 66.4 Å². The van der Waals surface area contributed by atoms with Gasteiger partial charge in [0.05, 0.1) is 37.8 Å². The lowest BCUT2D eigenvalue weighted by Gasteiger charge is -2.43. The average Bonchev–Trinajstić information content (AvgIpc) is 3.48. The smallest absolute Gasteiger partial charge is 0.310 e. The zero-order chi connectivity index (χ0) is 37.8. The van der Waals surface area contributed by atoms with E-state index in [4.69, 9.17) is 30.5 Å². The van der Waals surface area contributed by atoms with Crippen LogP contribution < -0.4 is 25.8 Å². The number of hydrogen-bond acceptors (Lipinski definition) is 10. The summed E-state index contributed by atoms with van der Waals surface area (Å²) in [5.41, 5.74) is 10.9. The van der Waals surface area contributed by atoms with Gasteiger partial charge in [0.15, 0.2) is 0 Å². The predicted molar refractivity (Wildman–Crippen MR) is 203 cm³/mol. The number of carbonyl (C=O) groups is 3. The van der Waals surface area contributed by atoms with Crippen LogP contribution in [-0.4, -0.2) is 73.1 Å². The van der Waals surface area contributed by atoms with Crippen molar-refractivity contribution in [2.75, 3.05) is 34.4 Å². The third kappa shape index (κ3) is 8.11. The van der Waals surface area contributed by atoms with E-state index in [1.165, 1.54) is 5.01 Å². The summed E-state index contributed by atoms with van der Waals surface area (Å²) in [5.74, 6) is 5.75. The first-order valence-corrected chi connectivity index (χ1v) is 18.8. The number of rotatable bonds is 12. The van der Waals surface area contributed by atoms with Crippen LogP contribution in [0.4, 0.5) is 0 Å². The summed E-state index contributed by atoms with van der Waals surface area (Å²) >= 11 is 3.76. The molecule has 3 aromatic rings. The number of benzene rings is 3. The molecule has 2 amide bonds. The van der Waals surface area contributed by atoms with Crippen LogP contribution in [-0.2, 0) is 33.9 Å². The van der Waals surface area contributed by atoms with Crippen molar-refractivity contribution in [2.24, 2.45) is 23.4 Å². The van der Waals surface area contributed by atoms with Crippen LogP contribution in [0.15, 0.2) is 71.0 Å². The van der Waals surface area contributed by atoms with E-state index in [-0.39, 0.29) is 25.0 Å². The van der Waals surface area contributed by atoms with Gasteiger partial charge in [0.2, 0.25) is 5.91 Å². The molecule has 0 bridgehead atoms. The van der Waals surface area contributed by atoms with Gasteiger partial charge in [-0.05, 0) is 67.6 Å². The second-order valence-electron chi connectivity index (χ2n) is 13.9. The minimum atomic E-state index is -0.614. The number of carbonyl (C=O) groups excluding carboxylic acids is 3. The van der Waals surface area contributed by atoms with Gasteiger partial charge in [0.1, 0.15) is 30.0 Å². The Morgan fingerprint density at radius 2 is 1.79 bits per heavy atom. The summed E-state index contributed by atoms with van der Waals surface area (Å²) in [7, 11) is 4.80. The maximum Gasteiger partial charge on any atom is 0.310 e. The van der Waals surface area contributed by atoms with Crippen molar-refractivity contribution < 1.29 is 33.3 Å². The van der Waals surface area contributed by atoms with Crippen LogP contribution in [0.5, 0.6) is 17.2 Å². The summed E-state index contributed by atoms with van der Waals surface area (Å²) in [6.45, 7) is 2.92. The molecular weight excluding hydrogens is 742 g/mol. The van der Waals surface area contributed by atoms with Crippen LogP contribution in [0.25, 0.3) is 0 Å². The Morgan fingerprint density at radius 1 is 1.04 bits per heavy atom. The molecule has 2 unspecified atom stereocenters. The van der Waals surface area contributed by atoms with Crippen LogP contribution in [0.2, 0.25) is 0 Å². The van der Waals surface area contributed by atoms with Gasteiger partial charge in [-0.1, -0.05) is 47.0 Å².